The van der Waals surface area contributed by atoms with Crippen LogP contribution in [0.5, 0.6) is 0 Å². The maximum absolute atomic E-state index is 13.6. The molecule has 0 aliphatic heterocycles. The number of nitrogens with two attached hydrogens (primary N) is 2. The lowest BCUT2D eigenvalue weighted by Gasteiger charge is -2.28. The van der Waals surface area contributed by atoms with Crippen LogP contribution in [0, 0.1) is 5.92 Å². The van der Waals surface area contributed by atoms with E-state index in [1.54, 1.807) is 24.3 Å². The summed E-state index contributed by atoms with van der Waals surface area (Å²) in [5, 5.41) is 20.1. The van der Waals surface area contributed by atoms with Gasteiger partial charge in [0.05, 0.1) is 6.04 Å². The van der Waals surface area contributed by atoms with E-state index in [0.717, 1.165) is 11.1 Å². The zero-order valence-electron chi connectivity index (χ0n) is 26.3. The molecule has 2 aromatic rings. The number of aliphatic carboxylic acids is 1. The highest BCUT2D eigenvalue weighted by molar-refractivity contribution is 5.95. The first kappa shape index (κ1) is 36.9. The first-order chi connectivity index (χ1) is 21.5. The summed E-state index contributed by atoms with van der Waals surface area (Å²) in [6, 6.07) is 13.2. The molecule has 0 aliphatic rings. The zero-order chi connectivity index (χ0) is 33.4. The molecule has 0 aliphatic carbocycles. The largest absolute Gasteiger partial charge is 0.480 e. The van der Waals surface area contributed by atoms with Gasteiger partial charge in [0.1, 0.15) is 24.2 Å². The van der Waals surface area contributed by atoms with Crippen LogP contribution in [-0.4, -0.2) is 71.5 Å². The number of unbranched alkanes of at least 4 members (excludes halogenated alkanes) is 1. The minimum absolute atomic E-state index is 0.109. The summed E-state index contributed by atoms with van der Waals surface area (Å²) < 4.78 is 0. The summed E-state index contributed by atoms with van der Waals surface area (Å²) in [6.45, 7) is 5.54. The van der Waals surface area contributed by atoms with Crippen LogP contribution in [0.3, 0.4) is 0 Å². The van der Waals surface area contributed by atoms with E-state index in [1.807, 2.05) is 50.2 Å². The highest BCUT2D eigenvalue weighted by Crippen LogP contribution is 2.12. The molecule has 9 N–H and O–H groups in total. The molecule has 0 saturated heterocycles. The van der Waals surface area contributed by atoms with Crippen LogP contribution in [0.1, 0.15) is 57.6 Å². The highest BCUT2D eigenvalue weighted by Gasteiger charge is 2.32. The van der Waals surface area contributed by atoms with Crippen molar-refractivity contribution in [3.8, 4) is 0 Å². The third kappa shape index (κ3) is 12.7. The number of benzene rings is 2. The number of nitrogens with one attached hydrogen (secondary N) is 4. The molecule has 246 valence electrons. The first-order valence-electron chi connectivity index (χ1n) is 15.4. The number of carboxylic acids is 1. The van der Waals surface area contributed by atoms with E-state index in [1.165, 1.54) is 6.92 Å². The van der Waals surface area contributed by atoms with Crippen LogP contribution in [0.2, 0.25) is 0 Å². The third-order valence-corrected chi connectivity index (χ3v) is 7.66. The molecule has 0 heterocycles. The number of carbonyl (C=O) groups excluding carboxylic acids is 4. The minimum Gasteiger partial charge on any atom is -0.480 e. The standard InChI is InChI=1S/C33H48N6O6/c1-4-21(2)28(39-30(41)25(35)19-23-13-7-5-8-14-23)32(43)38-27(20-24-15-9-6-10-16-24)31(42)36-22(3)29(40)37-26(33(44)45)17-11-12-18-34/h5-10,13-16,21-22,25-28H,4,11-12,17-20,34-35H2,1-3H3,(H,36,42)(H,37,40)(H,38,43)(H,39,41)(H,44,45)/t21-,22-,25-,26-,27-,28-/m0/s1. The summed E-state index contributed by atoms with van der Waals surface area (Å²) in [5.41, 5.74) is 13.3. The van der Waals surface area contributed by atoms with E-state index in [2.05, 4.69) is 21.3 Å². The summed E-state index contributed by atoms with van der Waals surface area (Å²) in [7, 11) is 0. The predicted octanol–water partition coefficient (Wildman–Crippen LogP) is 1.02. The van der Waals surface area contributed by atoms with Gasteiger partial charge in [-0.25, -0.2) is 4.79 Å². The molecule has 45 heavy (non-hydrogen) atoms. The Bertz CT molecular complexity index is 1240. The quantitative estimate of drug-likeness (QED) is 0.112. The van der Waals surface area contributed by atoms with E-state index in [-0.39, 0.29) is 25.2 Å². The number of amides is 4. The number of hydrogen-bond donors (Lipinski definition) is 7. The number of carbonyl (C=O) groups is 5. The van der Waals surface area contributed by atoms with Crippen molar-refractivity contribution in [3.63, 3.8) is 0 Å². The second kappa shape index (κ2) is 19.2. The lowest BCUT2D eigenvalue weighted by atomic mass is 9.96. The van der Waals surface area contributed by atoms with Gasteiger partial charge in [0.15, 0.2) is 0 Å². The number of hydrogen-bond acceptors (Lipinski definition) is 7. The SMILES string of the molecule is CC[C@H](C)[C@H](NC(=O)[C@@H](N)Cc1ccccc1)C(=O)N[C@@H](Cc1ccccc1)C(=O)N[C@@H](C)C(=O)N[C@@H](CCCCN)C(=O)O. The second-order valence-electron chi connectivity index (χ2n) is 11.3. The maximum atomic E-state index is 13.6. The number of rotatable bonds is 19. The van der Waals surface area contributed by atoms with Crippen LogP contribution >= 0.6 is 0 Å². The third-order valence-electron chi connectivity index (χ3n) is 7.66. The van der Waals surface area contributed by atoms with E-state index in [4.69, 9.17) is 11.5 Å². The molecular formula is C33H48N6O6. The smallest absolute Gasteiger partial charge is 0.326 e. The van der Waals surface area contributed by atoms with Gasteiger partial charge in [-0.3, -0.25) is 19.2 Å². The van der Waals surface area contributed by atoms with Crippen molar-refractivity contribution in [3.05, 3.63) is 71.8 Å². The van der Waals surface area contributed by atoms with Gasteiger partial charge in [0.25, 0.3) is 0 Å². The van der Waals surface area contributed by atoms with Crippen LogP contribution in [0.4, 0.5) is 0 Å². The molecule has 0 radical (unpaired) electrons. The van der Waals surface area contributed by atoms with Crippen LogP contribution < -0.4 is 32.7 Å². The Morgan fingerprint density at radius 3 is 1.80 bits per heavy atom. The lowest BCUT2D eigenvalue weighted by molar-refractivity contribution is -0.142. The molecule has 0 fully saturated rings. The topological polar surface area (TPSA) is 206 Å². The van der Waals surface area contributed by atoms with Crippen LogP contribution in [0.25, 0.3) is 0 Å². The van der Waals surface area contributed by atoms with Gasteiger partial charge >= 0.3 is 5.97 Å². The van der Waals surface area contributed by atoms with Crippen molar-refractivity contribution in [2.45, 2.75) is 89.5 Å². The summed E-state index contributed by atoms with van der Waals surface area (Å²) in [5.74, 6) is -3.84. The molecule has 0 unspecified atom stereocenters. The van der Waals surface area contributed by atoms with Crippen molar-refractivity contribution in [1.82, 2.24) is 21.3 Å². The van der Waals surface area contributed by atoms with Crippen molar-refractivity contribution < 1.29 is 29.1 Å². The molecule has 2 rings (SSSR count). The Hall–Kier alpha value is -4.29. The fourth-order valence-corrected chi connectivity index (χ4v) is 4.67. The highest BCUT2D eigenvalue weighted by atomic mass is 16.4. The Kier molecular flexibility index (Phi) is 15.7. The van der Waals surface area contributed by atoms with E-state index >= 15 is 0 Å². The fraction of sp³-hybridized carbons (Fsp3) is 0.485. The molecular weight excluding hydrogens is 576 g/mol. The van der Waals surface area contributed by atoms with Gasteiger partial charge in [-0.2, -0.15) is 0 Å². The van der Waals surface area contributed by atoms with Crippen molar-refractivity contribution in [2.24, 2.45) is 17.4 Å². The second-order valence-corrected chi connectivity index (χ2v) is 11.3. The zero-order valence-corrected chi connectivity index (χ0v) is 26.3. The van der Waals surface area contributed by atoms with Crippen LogP contribution in [0.15, 0.2) is 60.7 Å². The first-order valence-corrected chi connectivity index (χ1v) is 15.4. The molecule has 2 aromatic carbocycles. The van der Waals surface area contributed by atoms with Gasteiger partial charge in [0, 0.05) is 6.42 Å². The summed E-state index contributed by atoms with van der Waals surface area (Å²) in [4.78, 5) is 64.6. The van der Waals surface area contributed by atoms with Gasteiger partial charge < -0.3 is 37.8 Å². The monoisotopic (exact) mass is 624 g/mol. The van der Waals surface area contributed by atoms with Gasteiger partial charge in [-0.05, 0) is 56.2 Å². The number of carboxylic acid groups (broad SMARTS) is 1. The molecule has 0 aromatic heterocycles. The summed E-state index contributed by atoms with van der Waals surface area (Å²) in [6.07, 6.45) is 2.29. The molecule has 12 nitrogen and oxygen atoms in total. The lowest BCUT2D eigenvalue weighted by Crippen LogP contribution is -2.59. The van der Waals surface area contributed by atoms with Gasteiger partial charge in [0.2, 0.25) is 23.6 Å². The predicted molar refractivity (Wildman–Crippen MR) is 172 cm³/mol. The van der Waals surface area contributed by atoms with Crippen molar-refractivity contribution in [2.75, 3.05) is 6.54 Å². The molecule has 4 amide bonds. The van der Waals surface area contributed by atoms with E-state index in [9.17, 15) is 29.1 Å². The molecule has 0 spiro atoms. The van der Waals surface area contributed by atoms with Gasteiger partial charge in [-0.15, -0.1) is 0 Å². The normalized spacial score (nSPS) is 15.0. The Balaban J connectivity index is 2.17. The average molecular weight is 625 g/mol. The molecule has 6 atom stereocenters. The molecule has 0 saturated carbocycles. The molecule has 0 bridgehead atoms. The Labute approximate surface area is 265 Å². The Morgan fingerprint density at radius 1 is 0.711 bits per heavy atom. The fourth-order valence-electron chi connectivity index (χ4n) is 4.67. The summed E-state index contributed by atoms with van der Waals surface area (Å²) >= 11 is 0. The van der Waals surface area contributed by atoms with Crippen molar-refractivity contribution >= 4 is 29.6 Å². The maximum Gasteiger partial charge on any atom is 0.326 e. The minimum atomic E-state index is -1.19. The average Bonchev–Trinajstić information content (AvgIpc) is 3.02. The van der Waals surface area contributed by atoms with E-state index < -0.39 is 59.8 Å². The van der Waals surface area contributed by atoms with Gasteiger partial charge in [-0.1, -0.05) is 80.9 Å². The Morgan fingerprint density at radius 2 is 1.27 bits per heavy atom. The van der Waals surface area contributed by atoms with Crippen molar-refractivity contribution in [1.29, 1.82) is 0 Å². The van der Waals surface area contributed by atoms with E-state index in [0.29, 0.717) is 25.8 Å². The molecule has 12 heteroatoms. The van der Waals surface area contributed by atoms with Crippen LogP contribution in [-0.2, 0) is 36.8 Å².